The highest BCUT2D eigenvalue weighted by molar-refractivity contribution is 4.87. The maximum Gasteiger partial charge on any atom is 0.0645 e. The zero-order chi connectivity index (χ0) is 9.97. The smallest absolute Gasteiger partial charge is 0.0645 e. The van der Waals surface area contributed by atoms with E-state index in [0.29, 0.717) is 18.0 Å². The summed E-state index contributed by atoms with van der Waals surface area (Å²) in [7, 11) is 0. The Morgan fingerprint density at radius 3 is 2.14 bits per heavy atom. The molecule has 82 valence electrons. The summed E-state index contributed by atoms with van der Waals surface area (Å²) in [5, 5.41) is 9.04. The highest BCUT2D eigenvalue weighted by Crippen LogP contribution is 2.20. The second-order valence-electron chi connectivity index (χ2n) is 4.37. The zero-order valence-corrected chi connectivity index (χ0v) is 8.69. The van der Waals surface area contributed by atoms with Gasteiger partial charge in [-0.1, -0.05) is 6.92 Å². The van der Waals surface area contributed by atoms with E-state index in [4.69, 9.17) is 14.6 Å². The lowest BCUT2D eigenvalue weighted by Gasteiger charge is -2.46. The average molecular weight is 201 g/mol. The van der Waals surface area contributed by atoms with Crippen LogP contribution in [-0.2, 0) is 9.47 Å². The Kier molecular flexibility index (Phi) is 3.38. The van der Waals surface area contributed by atoms with Crippen LogP contribution < -0.4 is 0 Å². The van der Waals surface area contributed by atoms with Crippen molar-refractivity contribution in [2.24, 2.45) is 5.92 Å². The van der Waals surface area contributed by atoms with Crippen LogP contribution in [0, 0.1) is 5.92 Å². The summed E-state index contributed by atoms with van der Waals surface area (Å²) in [6.07, 6.45) is 0. The van der Waals surface area contributed by atoms with Gasteiger partial charge in [0.1, 0.15) is 0 Å². The van der Waals surface area contributed by atoms with Gasteiger partial charge in [-0.25, -0.2) is 0 Å². The summed E-state index contributed by atoms with van der Waals surface area (Å²) < 4.78 is 11.0. The standard InChI is InChI=1S/C10H19NO3/c1-8(3-12)2-11-9-4-13-6-10(11)7-14-5-9/h8-10,12H,2-7H2,1H3. The van der Waals surface area contributed by atoms with E-state index in [2.05, 4.69) is 11.8 Å². The van der Waals surface area contributed by atoms with Crippen LogP contribution in [0.3, 0.4) is 0 Å². The highest BCUT2D eigenvalue weighted by Gasteiger charge is 2.35. The fourth-order valence-electron chi connectivity index (χ4n) is 2.17. The van der Waals surface area contributed by atoms with Crippen LogP contribution in [0.1, 0.15) is 6.92 Å². The van der Waals surface area contributed by atoms with Crippen molar-refractivity contribution in [2.75, 3.05) is 39.6 Å². The third kappa shape index (κ3) is 2.08. The van der Waals surface area contributed by atoms with Crippen LogP contribution in [0.4, 0.5) is 0 Å². The topological polar surface area (TPSA) is 41.9 Å². The van der Waals surface area contributed by atoms with E-state index >= 15 is 0 Å². The summed E-state index contributed by atoms with van der Waals surface area (Å²) in [6.45, 7) is 6.38. The molecule has 2 fully saturated rings. The number of hydrogen-bond donors (Lipinski definition) is 1. The first kappa shape index (κ1) is 10.4. The maximum absolute atomic E-state index is 9.04. The van der Waals surface area contributed by atoms with Gasteiger partial charge in [0.2, 0.25) is 0 Å². The van der Waals surface area contributed by atoms with Crippen molar-refractivity contribution < 1.29 is 14.6 Å². The molecule has 0 aromatic carbocycles. The summed E-state index contributed by atoms with van der Waals surface area (Å²) in [4.78, 5) is 2.44. The molecule has 2 saturated heterocycles. The van der Waals surface area contributed by atoms with Crippen molar-refractivity contribution in [3.8, 4) is 0 Å². The molecule has 2 aliphatic rings. The normalized spacial score (nSPS) is 35.6. The van der Waals surface area contributed by atoms with Gasteiger partial charge in [0.25, 0.3) is 0 Å². The molecule has 14 heavy (non-hydrogen) atoms. The molecule has 1 atom stereocenters. The summed E-state index contributed by atoms with van der Waals surface area (Å²) >= 11 is 0. The molecule has 0 saturated carbocycles. The molecule has 2 rings (SSSR count). The number of fused-ring (bicyclic) bond motifs is 2. The lowest BCUT2D eigenvalue weighted by molar-refractivity contribution is -0.141. The van der Waals surface area contributed by atoms with Crippen molar-refractivity contribution >= 4 is 0 Å². The molecular weight excluding hydrogens is 182 g/mol. The van der Waals surface area contributed by atoms with Gasteiger partial charge >= 0.3 is 0 Å². The number of hydrogen-bond acceptors (Lipinski definition) is 4. The van der Waals surface area contributed by atoms with Crippen molar-refractivity contribution in [2.45, 2.75) is 19.0 Å². The molecule has 4 heteroatoms. The van der Waals surface area contributed by atoms with E-state index in [0.717, 1.165) is 33.0 Å². The molecule has 0 aromatic rings. The first-order chi connectivity index (χ1) is 6.81. The highest BCUT2D eigenvalue weighted by atomic mass is 16.5. The third-order valence-electron chi connectivity index (χ3n) is 3.01. The van der Waals surface area contributed by atoms with Crippen LogP contribution >= 0.6 is 0 Å². The number of ether oxygens (including phenoxy) is 2. The van der Waals surface area contributed by atoms with Crippen molar-refractivity contribution in [3.05, 3.63) is 0 Å². The molecule has 2 aliphatic heterocycles. The minimum Gasteiger partial charge on any atom is -0.396 e. The van der Waals surface area contributed by atoms with Crippen LogP contribution in [-0.4, -0.2) is 61.7 Å². The largest absolute Gasteiger partial charge is 0.396 e. The molecule has 0 aromatic heterocycles. The van der Waals surface area contributed by atoms with E-state index < -0.39 is 0 Å². The first-order valence-electron chi connectivity index (χ1n) is 5.33. The molecule has 4 nitrogen and oxygen atoms in total. The molecule has 0 radical (unpaired) electrons. The zero-order valence-electron chi connectivity index (χ0n) is 8.69. The molecule has 0 aliphatic carbocycles. The summed E-state index contributed by atoms with van der Waals surface area (Å²) in [5.41, 5.74) is 0. The second-order valence-corrected chi connectivity index (χ2v) is 4.37. The Morgan fingerprint density at radius 2 is 1.71 bits per heavy atom. The van der Waals surface area contributed by atoms with Gasteiger partial charge in [0.15, 0.2) is 0 Å². The molecular formula is C10H19NO3. The number of morpholine rings is 2. The molecule has 0 spiro atoms. The van der Waals surface area contributed by atoms with E-state index in [1.54, 1.807) is 0 Å². The van der Waals surface area contributed by atoms with Crippen LogP contribution in [0.2, 0.25) is 0 Å². The maximum atomic E-state index is 9.04. The monoisotopic (exact) mass is 201 g/mol. The van der Waals surface area contributed by atoms with Gasteiger partial charge in [0.05, 0.1) is 38.5 Å². The fourth-order valence-corrected chi connectivity index (χ4v) is 2.17. The minimum atomic E-state index is 0.262. The Balaban J connectivity index is 1.94. The lowest BCUT2D eigenvalue weighted by Crippen LogP contribution is -2.60. The Bertz CT molecular complexity index is 166. The van der Waals surface area contributed by atoms with E-state index in [1.807, 2.05) is 0 Å². The second kappa shape index (κ2) is 4.57. The molecule has 1 N–H and O–H groups in total. The summed E-state index contributed by atoms with van der Waals surface area (Å²) in [6, 6.07) is 0.799. The van der Waals surface area contributed by atoms with E-state index in [-0.39, 0.29) is 6.61 Å². The lowest BCUT2D eigenvalue weighted by atomic mass is 10.1. The van der Waals surface area contributed by atoms with Crippen molar-refractivity contribution in [1.82, 2.24) is 4.90 Å². The van der Waals surface area contributed by atoms with Gasteiger partial charge in [-0.15, -0.1) is 0 Å². The first-order valence-corrected chi connectivity index (χ1v) is 5.33. The van der Waals surface area contributed by atoms with Gasteiger partial charge in [-0.2, -0.15) is 0 Å². The predicted octanol–water partition coefficient (Wildman–Crippen LogP) is -0.286. The van der Waals surface area contributed by atoms with Crippen LogP contribution in [0.25, 0.3) is 0 Å². The Hall–Kier alpha value is -0.160. The minimum absolute atomic E-state index is 0.262. The van der Waals surface area contributed by atoms with Gasteiger partial charge in [-0.05, 0) is 5.92 Å². The van der Waals surface area contributed by atoms with E-state index in [1.165, 1.54) is 0 Å². The summed E-state index contributed by atoms with van der Waals surface area (Å²) in [5.74, 6) is 0.344. The SMILES string of the molecule is CC(CO)CN1C2COCC1COC2. The fraction of sp³-hybridized carbons (Fsp3) is 1.00. The molecule has 1 unspecified atom stereocenters. The molecule has 2 bridgehead atoms. The Morgan fingerprint density at radius 1 is 1.21 bits per heavy atom. The third-order valence-corrected chi connectivity index (χ3v) is 3.01. The van der Waals surface area contributed by atoms with E-state index in [9.17, 15) is 0 Å². The van der Waals surface area contributed by atoms with Crippen LogP contribution in [0.5, 0.6) is 0 Å². The van der Waals surface area contributed by atoms with Crippen LogP contribution in [0.15, 0.2) is 0 Å². The average Bonchev–Trinajstić information content (AvgIpc) is 2.17. The number of rotatable bonds is 3. The van der Waals surface area contributed by atoms with Crippen molar-refractivity contribution in [1.29, 1.82) is 0 Å². The van der Waals surface area contributed by atoms with Gasteiger partial charge in [-0.3, -0.25) is 4.90 Å². The predicted molar refractivity (Wildman–Crippen MR) is 52.2 cm³/mol. The number of aliphatic hydroxyl groups excluding tert-OH is 1. The van der Waals surface area contributed by atoms with Gasteiger partial charge < -0.3 is 14.6 Å². The molecule has 0 amide bonds. The quantitative estimate of drug-likeness (QED) is 0.681. The number of nitrogens with zero attached hydrogens (tertiary/aromatic N) is 1. The van der Waals surface area contributed by atoms with Crippen molar-refractivity contribution in [3.63, 3.8) is 0 Å². The number of aliphatic hydroxyl groups is 1. The van der Waals surface area contributed by atoms with Gasteiger partial charge in [0, 0.05) is 13.2 Å². The Labute approximate surface area is 84.8 Å². The molecule has 2 heterocycles.